The van der Waals surface area contributed by atoms with Crippen molar-refractivity contribution in [3.05, 3.63) is 64.6 Å². The second-order valence-corrected chi connectivity index (χ2v) is 7.37. The van der Waals surface area contributed by atoms with Crippen LogP contribution in [0.4, 0.5) is 0 Å². The monoisotopic (exact) mass is 316 g/mol. The van der Waals surface area contributed by atoms with Crippen molar-refractivity contribution in [2.75, 3.05) is 0 Å². The Morgan fingerprint density at radius 3 is 2.36 bits per heavy atom. The van der Waals surface area contributed by atoms with Crippen molar-refractivity contribution in [1.29, 1.82) is 0 Å². The standard InChI is InChI=1S/C17H16O4S/c1-12-7-9-14(10-8-12)22(19,20)16-11-13-5-3-4-6-15(13)21-17(16,2)18/h3-11,18H,1-2H3. The average molecular weight is 316 g/mol. The summed E-state index contributed by atoms with van der Waals surface area (Å²) in [4.78, 5) is -0.0323. The molecule has 0 aliphatic carbocycles. The van der Waals surface area contributed by atoms with Crippen molar-refractivity contribution >= 4 is 15.9 Å². The SMILES string of the molecule is Cc1ccc(S(=O)(=O)C2=Cc3ccccc3OC2(C)O)cc1. The molecule has 0 saturated carbocycles. The topological polar surface area (TPSA) is 63.6 Å². The molecule has 1 atom stereocenters. The molecule has 0 saturated heterocycles. The molecular weight excluding hydrogens is 300 g/mol. The maximum Gasteiger partial charge on any atom is 0.243 e. The second-order valence-electron chi connectivity index (χ2n) is 5.45. The van der Waals surface area contributed by atoms with Gasteiger partial charge in [0.2, 0.25) is 15.6 Å². The maximum atomic E-state index is 12.8. The Labute approximate surface area is 129 Å². The van der Waals surface area contributed by atoms with Crippen LogP contribution in [0.2, 0.25) is 0 Å². The summed E-state index contributed by atoms with van der Waals surface area (Å²) in [5.41, 5.74) is 1.59. The quantitative estimate of drug-likeness (QED) is 0.925. The predicted molar refractivity (Wildman–Crippen MR) is 84.0 cm³/mol. The van der Waals surface area contributed by atoms with Crippen molar-refractivity contribution in [1.82, 2.24) is 0 Å². The van der Waals surface area contributed by atoms with E-state index >= 15 is 0 Å². The van der Waals surface area contributed by atoms with E-state index in [9.17, 15) is 13.5 Å². The van der Waals surface area contributed by atoms with Crippen LogP contribution >= 0.6 is 0 Å². The number of aliphatic hydroxyl groups is 1. The summed E-state index contributed by atoms with van der Waals surface area (Å²) < 4.78 is 31.1. The number of hydrogen-bond acceptors (Lipinski definition) is 4. The molecule has 22 heavy (non-hydrogen) atoms. The molecule has 5 heteroatoms. The Hall–Kier alpha value is -2.11. The number of para-hydroxylation sites is 1. The molecule has 1 aliphatic rings. The number of benzene rings is 2. The van der Waals surface area contributed by atoms with Crippen molar-refractivity contribution < 1.29 is 18.3 Å². The first-order valence-electron chi connectivity index (χ1n) is 6.85. The van der Waals surface area contributed by atoms with Gasteiger partial charge in [-0.25, -0.2) is 8.42 Å². The van der Waals surface area contributed by atoms with Crippen molar-refractivity contribution in [3.8, 4) is 5.75 Å². The molecule has 2 aromatic carbocycles. The highest BCUT2D eigenvalue weighted by atomic mass is 32.2. The van der Waals surface area contributed by atoms with Gasteiger partial charge < -0.3 is 9.84 Å². The van der Waals surface area contributed by atoms with Gasteiger partial charge in [-0.05, 0) is 31.2 Å². The van der Waals surface area contributed by atoms with Crippen LogP contribution < -0.4 is 4.74 Å². The van der Waals surface area contributed by atoms with E-state index in [4.69, 9.17) is 4.74 Å². The third kappa shape index (κ3) is 2.42. The smallest absolute Gasteiger partial charge is 0.243 e. The number of sulfone groups is 1. The number of aryl methyl sites for hydroxylation is 1. The molecule has 1 N–H and O–H groups in total. The summed E-state index contributed by atoms with van der Waals surface area (Å²) in [5, 5.41) is 10.5. The summed E-state index contributed by atoms with van der Waals surface area (Å²) >= 11 is 0. The van der Waals surface area contributed by atoms with Gasteiger partial charge in [0.25, 0.3) is 0 Å². The van der Waals surface area contributed by atoms with Gasteiger partial charge in [0.05, 0.1) is 4.90 Å². The van der Waals surface area contributed by atoms with Crippen LogP contribution in [-0.2, 0) is 9.84 Å². The summed E-state index contributed by atoms with van der Waals surface area (Å²) in [6.07, 6.45) is 1.47. The zero-order valence-corrected chi connectivity index (χ0v) is 13.1. The molecule has 1 aliphatic heterocycles. The number of hydrogen-bond donors (Lipinski definition) is 1. The summed E-state index contributed by atoms with van der Waals surface area (Å²) in [6.45, 7) is 3.21. The van der Waals surface area contributed by atoms with Crippen LogP contribution in [0.1, 0.15) is 18.1 Å². The lowest BCUT2D eigenvalue weighted by molar-refractivity contribution is -0.0830. The van der Waals surface area contributed by atoms with Gasteiger partial charge in [0, 0.05) is 12.5 Å². The average Bonchev–Trinajstić information content (AvgIpc) is 2.46. The van der Waals surface area contributed by atoms with Crippen LogP contribution in [0, 0.1) is 6.92 Å². The minimum absolute atomic E-state index is 0.132. The largest absolute Gasteiger partial charge is 0.457 e. The fourth-order valence-corrected chi connectivity index (χ4v) is 3.97. The summed E-state index contributed by atoms with van der Waals surface area (Å²) in [7, 11) is -3.84. The Balaban J connectivity index is 2.17. The van der Waals surface area contributed by atoms with Gasteiger partial charge in [0.1, 0.15) is 10.7 Å². The molecule has 0 amide bonds. The molecule has 4 nitrogen and oxygen atoms in total. The van der Waals surface area contributed by atoms with Crippen LogP contribution in [0.5, 0.6) is 5.75 Å². The Bertz CT molecular complexity index is 846. The zero-order chi connectivity index (χ0) is 16.0. The van der Waals surface area contributed by atoms with E-state index in [-0.39, 0.29) is 9.80 Å². The molecule has 0 aromatic heterocycles. The molecule has 0 spiro atoms. The first kappa shape index (κ1) is 14.8. The van der Waals surface area contributed by atoms with Gasteiger partial charge in [-0.2, -0.15) is 0 Å². The number of ether oxygens (including phenoxy) is 1. The molecule has 0 radical (unpaired) electrons. The molecule has 1 heterocycles. The predicted octanol–water partition coefficient (Wildman–Crippen LogP) is 2.91. The van der Waals surface area contributed by atoms with Crippen LogP contribution in [0.3, 0.4) is 0 Å². The first-order valence-corrected chi connectivity index (χ1v) is 8.33. The summed E-state index contributed by atoms with van der Waals surface area (Å²) in [5.74, 6) is -1.45. The molecule has 1 unspecified atom stereocenters. The minimum Gasteiger partial charge on any atom is -0.457 e. The van der Waals surface area contributed by atoms with E-state index in [0.717, 1.165) is 5.56 Å². The number of fused-ring (bicyclic) bond motifs is 1. The van der Waals surface area contributed by atoms with Crippen molar-refractivity contribution in [2.24, 2.45) is 0 Å². The third-order valence-electron chi connectivity index (χ3n) is 3.59. The zero-order valence-electron chi connectivity index (χ0n) is 12.3. The Morgan fingerprint density at radius 1 is 1.05 bits per heavy atom. The molecular formula is C17H16O4S. The van der Waals surface area contributed by atoms with Gasteiger partial charge in [0.15, 0.2) is 0 Å². The normalized spacial score (nSPS) is 20.8. The van der Waals surface area contributed by atoms with Gasteiger partial charge >= 0.3 is 0 Å². The van der Waals surface area contributed by atoms with Crippen molar-refractivity contribution in [2.45, 2.75) is 24.5 Å². The van der Waals surface area contributed by atoms with Gasteiger partial charge in [-0.1, -0.05) is 35.9 Å². The van der Waals surface area contributed by atoms with E-state index in [0.29, 0.717) is 11.3 Å². The lowest BCUT2D eigenvalue weighted by Gasteiger charge is -2.31. The minimum atomic E-state index is -3.84. The van der Waals surface area contributed by atoms with Gasteiger partial charge in [-0.3, -0.25) is 0 Å². The van der Waals surface area contributed by atoms with E-state index in [1.165, 1.54) is 25.1 Å². The van der Waals surface area contributed by atoms with E-state index < -0.39 is 15.6 Å². The summed E-state index contributed by atoms with van der Waals surface area (Å²) in [6, 6.07) is 13.5. The highest BCUT2D eigenvalue weighted by molar-refractivity contribution is 7.95. The maximum absolute atomic E-state index is 12.8. The van der Waals surface area contributed by atoms with Gasteiger partial charge in [-0.15, -0.1) is 0 Å². The van der Waals surface area contributed by atoms with Crippen LogP contribution in [-0.4, -0.2) is 19.3 Å². The first-order chi connectivity index (χ1) is 10.3. The van der Waals surface area contributed by atoms with E-state index in [1.54, 1.807) is 36.4 Å². The molecule has 2 aromatic rings. The highest BCUT2D eigenvalue weighted by Crippen LogP contribution is 2.38. The van der Waals surface area contributed by atoms with Crippen molar-refractivity contribution in [3.63, 3.8) is 0 Å². The fraction of sp³-hybridized carbons (Fsp3) is 0.176. The highest BCUT2D eigenvalue weighted by Gasteiger charge is 2.41. The third-order valence-corrected chi connectivity index (χ3v) is 5.56. The van der Waals surface area contributed by atoms with Crippen LogP contribution in [0.25, 0.3) is 6.08 Å². The molecule has 3 rings (SSSR count). The van der Waals surface area contributed by atoms with E-state index in [2.05, 4.69) is 0 Å². The Kier molecular flexibility index (Phi) is 3.34. The van der Waals surface area contributed by atoms with Crippen LogP contribution in [0.15, 0.2) is 58.3 Å². The lowest BCUT2D eigenvalue weighted by Crippen LogP contribution is -2.39. The number of rotatable bonds is 2. The van der Waals surface area contributed by atoms with E-state index in [1.807, 2.05) is 6.92 Å². The molecule has 0 bridgehead atoms. The molecule has 0 fully saturated rings. The lowest BCUT2D eigenvalue weighted by atomic mass is 10.1. The Morgan fingerprint density at radius 2 is 1.68 bits per heavy atom. The fourth-order valence-electron chi connectivity index (χ4n) is 2.40. The second kappa shape index (κ2) is 4.97. The molecule has 114 valence electrons.